The van der Waals surface area contributed by atoms with Crippen molar-refractivity contribution in [2.24, 2.45) is 11.3 Å². The van der Waals surface area contributed by atoms with Gasteiger partial charge in [0.05, 0.1) is 6.61 Å². The first-order valence-electron chi connectivity index (χ1n) is 7.22. The van der Waals surface area contributed by atoms with Crippen molar-refractivity contribution in [1.29, 1.82) is 0 Å². The summed E-state index contributed by atoms with van der Waals surface area (Å²) in [5, 5.41) is 0. The largest absolute Gasteiger partial charge is 0.465 e. The smallest absolute Gasteiger partial charge is 0.324 e. The molecule has 4 nitrogen and oxygen atoms in total. The van der Waals surface area contributed by atoms with Crippen LogP contribution in [0, 0.1) is 5.41 Å². The number of halogens is 2. The second kappa shape index (κ2) is 9.46. The molecule has 0 heterocycles. The summed E-state index contributed by atoms with van der Waals surface area (Å²) in [5.41, 5.74) is 3.66. The fourth-order valence-corrected chi connectivity index (χ4v) is 3.33. The van der Waals surface area contributed by atoms with Crippen LogP contribution < -0.4 is 11.3 Å². The third kappa shape index (κ3) is 5.62. The minimum atomic E-state index is -0.534. The van der Waals surface area contributed by atoms with Gasteiger partial charge in [-0.25, -0.2) is 5.43 Å². The Morgan fingerprint density at radius 1 is 1.52 bits per heavy atom. The van der Waals surface area contributed by atoms with Crippen molar-refractivity contribution in [2.75, 3.05) is 18.4 Å². The summed E-state index contributed by atoms with van der Waals surface area (Å²) in [7, 11) is 0. The molecule has 0 amide bonds. The molecule has 21 heavy (non-hydrogen) atoms. The first-order valence-corrected chi connectivity index (χ1v) is 8.29. The summed E-state index contributed by atoms with van der Waals surface area (Å²) < 4.78 is 5.06. The van der Waals surface area contributed by atoms with Crippen molar-refractivity contribution in [2.45, 2.75) is 38.6 Å². The molecule has 1 aliphatic rings. The molecule has 0 fully saturated rings. The van der Waals surface area contributed by atoms with Crippen molar-refractivity contribution in [3.05, 3.63) is 23.8 Å². The van der Waals surface area contributed by atoms with Crippen molar-refractivity contribution in [3.63, 3.8) is 0 Å². The summed E-state index contributed by atoms with van der Waals surface area (Å²) in [4.78, 5) is 11.9. The van der Waals surface area contributed by atoms with Crippen LogP contribution in [0.3, 0.4) is 0 Å². The summed E-state index contributed by atoms with van der Waals surface area (Å²) >= 11 is 11.8. The lowest BCUT2D eigenvalue weighted by molar-refractivity contribution is -0.146. The third-order valence-corrected chi connectivity index (χ3v) is 4.13. The zero-order chi connectivity index (χ0) is 15.7. The van der Waals surface area contributed by atoms with Gasteiger partial charge in [-0.2, -0.15) is 0 Å². The number of nitrogens with one attached hydrogen (secondary N) is 1. The number of ether oxygens (including phenoxy) is 1. The number of carbonyl (C=O) groups is 1. The highest BCUT2D eigenvalue weighted by Gasteiger charge is 2.35. The monoisotopic (exact) mass is 334 g/mol. The van der Waals surface area contributed by atoms with E-state index < -0.39 is 6.04 Å². The number of allylic oxidation sites excluding steroid dienone is 4. The zero-order valence-electron chi connectivity index (χ0n) is 12.4. The molecule has 2 atom stereocenters. The maximum atomic E-state index is 11.9. The number of hydrazine groups is 1. The lowest BCUT2D eigenvalue weighted by Crippen LogP contribution is -2.46. The molecule has 0 aliphatic heterocycles. The number of carbonyl (C=O) groups excluding carboxylic acids is 1. The molecule has 0 saturated carbocycles. The van der Waals surface area contributed by atoms with Crippen LogP contribution in [0.2, 0.25) is 0 Å². The topological polar surface area (TPSA) is 64.3 Å². The Labute approximate surface area is 136 Å². The van der Waals surface area contributed by atoms with E-state index in [0.29, 0.717) is 24.8 Å². The van der Waals surface area contributed by atoms with Gasteiger partial charge in [-0.1, -0.05) is 23.8 Å². The molecule has 0 bridgehead atoms. The third-order valence-electron chi connectivity index (χ3n) is 3.75. The molecule has 0 saturated heterocycles. The number of rotatable bonds is 9. The number of hydrogen-bond donors (Lipinski definition) is 2. The maximum absolute atomic E-state index is 11.9. The number of esters is 1. The van der Waals surface area contributed by atoms with Gasteiger partial charge >= 0.3 is 5.97 Å². The number of nitrogens with two attached hydrogens (primary N) is 1. The van der Waals surface area contributed by atoms with Crippen LogP contribution in [0.1, 0.15) is 32.6 Å². The van der Waals surface area contributed by atoms with Crippen LogP contribution in [0.5, 0.6) is 0 Å². The highest BCUT2D eigenvalue weighted by atomic mass is 35.5. The molecule has 3 N–H and O–H groups in total. The molecule has 1 rings (SSSR count). The highest BCUT2D eigenvalue weighted by Crippen LogP contribution is 2.40. The first kappa shape index (κ1) is 18.5. The van der Waals surface area contributed by atoms with E-state index in [1.165, 1.54) is 5.57 Å². The minimum Gasteiger partial charge on any atom is -0.465 e. The van der Waals surface area contributed by atoms with Crippen LogP contribution >= 0.6 is 23.2 Å². The van der Waals surface area contributed by atoms with Crippen molar-refractivity contribution < 1.29 is 9.53 Å². The van der Waals surface area contributed by atoms with Crippen molar-refractivity contribution in [1.82, 2.24) is 5.43 Å². The van der Waals surface area contributed by atoms with E-state index in [0.717, 1.165) is 19.3 Å². The van der Waals surface area contributed by atoms with Gasteiger partial charge in [0.2, 0.25) is 0 Å². The Morgan fingerprint density at radius 3 is 2.86 bits per heavy atom. The van der Waals surface area contributed by atoms with E-state index >= 15 is 0 Å². The molecule has 0 spiro atoms. The molecule has 0 aromatic rings. The maximum Gasteiger partial charge on any atom is 0.324 e. The van der Waals surface area contributed by atoms with Gasteiger partial charge in [0.15, 0.2) is 0 Å². The summed E-state index contributed by atoms with van der Waals surface area (Å²) in [6, 6.07) is -0.534. The molecule has 0 aromatic heterocycles. The number of hydrogen-bond acceptors (Lipinski definition) is 4. The number of alkyl halides is 2. The van der Waals surface area contributed by atoms with Gasteiger partial charge < -0.3 is 4.74 Å². The van der Waals surface area contributed by atoms with E-state index in [1.54, 1.807) is 6.92 Å². The molecular formula is C15H24Cl2N2O2. The van der Waals surface area contributed by atoms with Crippen molar-refractivity contribution in [3.8, 4) is 0 Å². The summed E-state index contributed by atoms with van der Waals surface area (Å²) in [5.74, 6) is 6.32. The Balaban J connectivity index is 2.83. The van der Waals surface area contributed by atoms with E-state index in [-0.39, 0.29) is 11.4 Å². The predicted octanol–water partition coefficient (Wildman–Crippen LogP) is 2.90. The average Bonchev–Trinajstić information content (AvgIpc) is 2.46. The normalized spacial score (nSPS) is 22.8. The van der Waals surface area contributed by atoms with Crippen LogP contribution in [0.4, 0.5) is 0 Å². The van der Waals surface area contributed by atoms with Crippen LogP contribution in [-0.2, 0) is 9.53 Å². The summed E-state index contributed by atoms with van der Waals surface area (Å²) in [6.07, 6.45) is 9.27. The van der Waals surface area contributed by atoms with Gasteiger partial charge in [-0.05, 0) is 38.0 Å². The van der Waals surface area contributed by atoms with Crippen LogP contribution in [-0.4, -0.2) is 30.4 Å². The van der Waals surface area contributed by atoms with Crippen LogP contribution in [0.25, 0.3) is 0 Å². The molecular weight excluding hydrogens is 311 g/mol. The summed E-state index contributed by atoms with van der Waals surface area (Å²) in [6.45, 7) is 2.12. The van der Waals surface area contributed by atoms with Gasteiger partial charge in [0.1, 0.15) is 6.04 Å². The predicted molar refractivity (Wildman–Crippen MR) is 87.3 cm³/mol. The van der Waals surface area contributed by atoms with E-state index in [2.05, 4.69) is 17.6 Å². The second-order valence-electron chi connectivity index (χ2n) is 5.28. The lowest BCUT2D eigenvalue weighted by atomic mass is 9.71. The minimum absolute atomic E-state index is 0.179. The standard InChI is InChI=1S/C15H24Cl2N2O2/c1-2-21-14(20)13(19-18)11-15(7-9-17)6-3-4-12(10-15)5-8-16/h3-4,6,13,19H,2,5,7-11,18H2,1H3/t13-,15?/m0/s1. The Kier molecular flexibility index (Phi) is 8.34. The van der Waals surface area contributed by atoms with Crippen LogP contribution in [0.15, 0.2) is 23.8 Å². The second-order valence-corrected chi connectivity index (χ2v) is 6.03. The quantitative estimate of drug-likeness (QED) is 0.294. The fourth-order valence-electron chi connectivity index (χ4n) is 2.71. The first-order chi connectivity index (χ1) is 10.1. The fraction of sp³-hybridized carbons (Fsp3) is 0.667. The lowest BCUT2D eigenvalue weighted by Gasteiger charge is -2.35. The Hall–Kier alpha value is -0.550. The SMILES string of the molecule is CCOC(=O)[C@H](CC1(CCCl)C=CC=C(CCCl)C1)NN. The Morgan fingerprint density at radius 2 is 2.29 bits per heavy atom. The molecule has 1 unspecified atom stereocenters. The average molecular weight is 335 g/mol. The van der Waals surface area contributed by atoms with Gasteiger partial charge in [0.25, 0.3) is 0 Å². The Bertz CT molecular complexity index is 399. The highest BCUT2D eigenvalue weighted by molar-refractivity contribution is 6.18. The zero-order valence-corrected chi connectivity index (χ0v) is 13.9. The molecule has 0 radical (unpaired) electrons. The van der Waals surface area contributed by atoms with E-state index in [9.17, 15) is 4.79 Å². The van der Waals surface area contributed by atoms with Gasteiger partial charge in [-0.15, -0.1) is 23.2 Å². The molecule has 120 valence electrons. The van der Waals surface area contributed by atoms with Crippen molar-refractivity contribution >= 4 is 29.2 Å². The van der Waals surface area contributed by atoms with Gasteiger partial charge in [0, 0.05) is 11.8 Å². The molecule has 6 heteroatoms. The van der Waals surface area contributed by atoms with E-state index in [4.69, 9.17) is 33.8 Å². The molecule has 0 aromatic carbocycles. The molecule has 1 aliphatic carbocycles. The van der Waals surface area contributed by atoms with Gasteiger partial charge in [-0.3, -0.25) is 10.6 Å². The van der Waals surface area contributed by atoms with E-state index in [1.807, 2.05) is 6.08 Å².